The van der Waals surface area contributed by atoms with Crippen molar-refractivity contribution < 1.29 is 4.57 Å². The predicted octanol–water partition coefficient (Wildman–Crippen LogP) is 18.9. The van der Waals surface area contributed by atoms with Crippen molar-refractivity contribution in [1.29, 1.82) is 6.39 Å². The van der Waals surface area contributed by atoms with Gasteiger partial charge in [-0.15, -0.1) is 0 Å². The fourth-order valence-corrected chi connectivity index (χ4v) is 7.00. The molecule has 0 saturated carbocycles. The summed E-state index contributed by atoms with van der Waals surface area (Å²) >= 11 is 6.67. The van der Waals surface area contributed by atoms with Gasteiger partial charge in [0.05, 0.1) is 63.5 Å². The number of hydrogen-bond acceptors (Lipinski definition) is 6. The van der Waals surface area contributed by atoms with Crippen molar-refractivity contribution in [1.82, 2.24) is 29.9 Å². The Kier molecular flexibility index (Phi) is 38.8. The van der Waals surface area contributed by atoms with Crippen molar-refractivity contribution in [3.63, 3.8) is 0 Å². The lowest BCUT2D eigenvalue weighted by Gasteiger charge is -1.91. The number of rotatable bonds is 0. The normalized spacial score (nSPS) is 9.57. The Bertz CT molecular complexity index is 3580. The third-order valence-electron chi connectivity index (χ3n) is 11.8. The number of nitrogens with one attached hydrogen (secondary N) is 4. The Morgan fingerprint density at radius 1 is 0.563 bits per heavy atom. The van der Waals surface area contributed by atoms with Crippen LogP contribution in [0, 0.1) is 79.5 Å². The molecular weight excluding hydrogens is 1130 g/mol. The van der Waals surface area contributed by atoms with Crippen LogP contribution in [0.4, 0.5) is 28.4 Å². The minimum absolute atomic E-state index is 0.731. The summed E-state index contributed by atoms with van der Waals surface area (Å²) in [5, 5.41) is 9.69. The van der Waals surface area contributed by atoms with E-state index in [1.54, 1.807) is 31.1 Å². The third kappa shape index (κ3) is 30.8. The Morgan fingerprint density at radius 3 is 1.29 bits per heavy atom. The Labute approximate surface area is 531 Å². The van der Waals surface area contributed by atoms with E-state index >= 15 is 0 Å². The molecule has 0 unspecified atom stereocenters. The zero-order valence-electron chi connectivity index (χ0n) is 52.2. The highest BCUT2D eigenvalue weighted by molar-refractivity contribution is 7.88. The number of para-hydroxylation sites is 6. The number of H-pyrrole nitrogens is 4. The highest BCUT2D eigenvalue weighted by Crippen LogP contribution is 2.23. The van der Waals surface area contributed by atoms with Gasteiger partial charge in [-0.2, -0.15) is 18.7 Å². The van der Waals surface area contributed by atoms with Gasteiger partial charge in [0.15, 0.2) is 17.1 Å². The molecule has 4 N–H and O–H groups in total. The summed E-state index contributed by atoms with van der Waals surface area (Å²) in [6.45, 7) is 37.9. The summed E-state index contributed by atoms with van der Waals surface area (Å²) in [4.78, 5) is 37.7. The SMILES string of the molecule is C1=Nc2ccccc2C1.C1=Nc2ccccc2C1.CC.Cc1c[nH]c[n+]1C.Cc1cccc(C#N)c1.Cc1cnc[nH]1.Cc1cnc[nH]1.P=S.[2H]S.[C-]#[N+]c1ccccc1C.[C-]#[N+]c1ccccc1C.[C-]#[N+]c1ccccc1C.c1ccc2[nH]ccc2c1. The fourth-order valence-electron chi connectivity index (χ4n) is 7.00. The van der Waals surface area contributed by atoms with Gasteiger partial charge in [-0.25, -0.2) is 34.1 Å². The largest absolute Gasteiger partial charge is 0.361 e. The lowest BCUT2D eigenvalue weighted by molar-refractivity contribution is -0.676. The summed E-state index contributed by atoms with van der Waals surface area (Å²) in [5.41, 5.74) is 16.9. The minimum Gasteiger partial charge on any atom is -0.361 e. The lowest BCUT2D eigenvalue weighted by atomic mass is 10.2. The standard InChI is InChI=1S/7C8H7N.C5H8N2.2C4H6N2.C2H6.HPS.H2S/c3*1-2-4-8-7(3-1)5-6-9-8;3*1-7-5-3-4-6-8(7)9-2;1-7-3-2-4-8(5-7)6-9;1-5-3-6-4-7(5)2;2*1-4-2-5-3-6-4;2*1-2;/h2*1-4,6H,5H2;1-6,9H;3*3-6H,1H3;2-5H,1H3;3-4H,1-2H3;2*2-3H,1H3,(H,5,6);1-2H3;1H;1H2/p+1/i/hD. The third-order valence-corrected chi connectivity index (χ3v) is 11.8. The molecule has 13 rings (SSSR count). The lowest BCUT2D eigenvalue weighted by Crippen LogP contribution is -2.27. The van der Waals surface area contributed by atoms with E-state index in [-0.39, 0.29) is 0 Å². The van der Waals surface area contributed by atoms with Gasteiger partial charge in [-0.1, -0.05) is 165 Å². The van der Waals surface area contributed by atoms with Gasteiger partial charge in [0.2, 0.25) is 6.33 Å². The van der Waals surface area contributed by atoms with E-state index in [0.29, 0.717) is 0 Å². The Balaban J connectivity index is 0.000000485. The number of nitriles is 1. The maximum absolute atomic E-state index is 8.41. The van der Waals surface area contributed by atoms with Crippen LogP contribution in [0.2, 0.25) is 0 Å². The summed E-state index contributed by atoms with van der Waals surface area (Å²) < 4.78 is 7.47. The second-order valence-electron chi connectivity index (χ2n) is 18.2. The van der Waals surface area contributed by atoms with Crippen LogP contribution in [0.25, 0.3) is 25.4 Å². The summed E-state index contributed by atoms with van der Waals surface area (Å²) in [7, 11) is 4.56. The van der Waals surface area contributed by atoms with E-state index in [1.807, 2.05) is 238 Å². The quantitative estimate of drug-likeness (QED) is 0.0678. The first kappa shape index (κ1) is 73.0. The zero-order chi connectivity index (χ0) is 65.2. The monoisotopic (exact) mass is 1210 g/mol. The number of aromatic amines is 4. The molecule has 0 saturated heterocycles. The highest BCUT2D eigenvalue weighted by Gasteiger charge is 2.03. The van der Waals surface area contributed by atoms with Crippen molar-refractivity contribution >= 4 is 85.0 Å². The van der Waals surface area contributed by atoms with Crippen LogP contribution in [-0.2, 0) is 31.7 Å². The number of benzene rings is 7. The average Bonchev–Trinajstić information content (AvgIpc) is 4.52. The van der Waals surface area contributed by atoms with Crippen LogP contribution in [0.1, 0.15) is 69.9 Å². The van der Waals surface area contributed by atoms with E-state index in [2.05, 4.69) is 131 Å². The molecule has 16 heteroatoms. The van der Waals surface area contributed by atoms with Gasteiger partial charge in [0.1, 0.15) is 11.9 Å². The van der Waals surface area contributed by atoms with Gasteiger partial charge >= 0.3 is 0 Å². The number of fused-ring (bicyclic) bond motifs is 3. The predicted molar refractivity (Wildman–Crippen MR) is 374 cm³/mol. The van der Waals surface area contributed by atoms with E-state index < -0.39 is 0 Å². The molecule has 0 fully saturated rings. The molecule has 2 aliphatic heterocycles. The van der Waals surface area contributed by atoms with Crippen molar-refractivity contribution in [3.8, 4) is 6.07 Å². The van der Waals surface area contributed by atoms with Gasteiger partial charge in [-0.05, 0) is 125 Å². The smallest absolute Gasteiger partial charge is 0.241 e. The summed E-state index contributed by atoms with van der Waals surface area (Å²) in [6, 6.07) is 59.0. The van der Waals surface area contributed by atoms with Crippen LogP contribution >= 0.6 is 21.4 Å². The number of hydrogen-bond donors (Lipinski definition) is 4. The van der Waals surface area contributed by atoms with Crippen molar-refractivity contribution in [2.75, 3.05) is 0 Å². The molecule has 2 aliphatic rings. The Hall–Kier alpha value is -10.1. The first-order valence-electron chi connectivity index (χ1n) is 27.9. The molecule has 0 atom stereocenters. The molecule has 13 nitrogen and oxygen atoms in total. The number of imidazole rings is 3. The zero-order valence-corrected chi connectivity index (χ0v) is 53.9. The maximum atomic E-state index is 8.41. The molecule has 4 aromatic heterocycles. The molecule has 87 heavy (non-hydrogen) atoms. The number of aromatic nitrogens is 7. The minimum atomic E-state index is 0.731. The van der Waals surface area contributed by atoms with Crippen LogP contribution < -0.4 is 4.57 Å². The molecule has 0 spiro atoms. The molecular formula is C71H79N13PS2+. The van der Waals surface area contributed by atoms with Crippen LogP contribution in [0.15, 0.2) is 230 Å². The van der Waals surface area contributed by atoms with E-state index in [0.717, 1.165) is 80.5 Å². The summed E-state index contributed by atoms with van der Waals surface area (Å²) in [6.07, 6.45) is 18.6. The molecule has 0 bridgehead atoms. The van der Waals surface area contributed by atoms with Gasteiger partial charge in [-0.3, -0.25) is 9.98 Å². The molecule has 0 aliphatic carbocycles. The molecule has 11 aromatic rings. The highest BCUT2D eigenvalue weighted by atomic mass is 32.4. The second-order valence-corrected chi connectivity index (χ2v) is 18.2. The van der Waals surface area contributed by atoms with Crippen LogP contribution in [0.5, 0.6) is 0 Å². The fraction of sp³-hybridized carbons (Fsp3) is 0.169. The van der Waals surface area contributed by atoms with E-state index in [4.69, 9.17) is 26.1 Å². The number of aliphatic imine (C=N–C) groups is 2. The van der Waals surface area contributed by atoms with Crippen LogP contribution in [0.3, 0.4) is 0 Å². The topological polar surface area (TPSA) is 154 Å². The molecule has 0 amide bonds. The number of nitrogens with zero attached hydrogens (tertiary/aromatic N) is 9. The van der Waals surface area contributed by atoms with E-state index in [9.17, 15) is 0 Å². The average molecular weight is 1210 g/mol. The molecule has 7 aromatic carbocycles. The van der Waals surface area contributed by atoms with Crippen LogP contribution in [-0.4, -0.2) is 43.5 Å². The van der Waals surface area contributed by atoms with Gasteiger partial charge < -0.3 is 15.0 Å². The van der Waals surface area contributed by atoms with Crippen molar-refractivity contribution in [2.45, 2.75) is 75.2 Å². The van der Waals surface area contributed by atoms with Gasteiger partial charge in [0, 0.05) is 67.7 Å². The Morgan fingerprint density at radius 2 is 0.989 bits per heavy atom. The molecule has 444 valence electrons. The van der Waals surface area contributed by atoms with Gasteiger partial charge in [0.25, 0.3) is 0 Å². The first-order valence-corrected chi connectivity index (χ1v) is 29.1. The molecule has 0 radical (unpaired) electrons. The van der Waals surface area contributed by atoms with E-state index in [1.165, 1.54) is 27.7 Å². The second kappa shape index (κ2) is 46.3. The summed E-state index contributed by atoms with van der Waals surface area (Å²) in [5.74, 6) is 0. The van der Waals surface area contributed by atoms with Crippen molar-refractivity contribution in [3.05, 3.63) is 310 Å². The first-order chi connectivity index (χ1) is 42.8. The number of aryl methyl sites for hydroxylation is 8. The maximum Gasteiger partial charge on any atom is 0.241 e. The molecule has 6 heterocycles. The van der Waals surface area contributed by atoms with Crippen molar-refractivity contribution in [2.24, 2.45) is 17.0 Å².